The number of carbonyl (C=O) groups is 8. The van der Waals surface area contributed by atoms with E-state index in [1.54, 1.807) is 31.1 Å². The second-order valence-corrected chi connectivity index (χ2v) is 33.2. The van der Waals surface area contributed by atoms with Gasteiger partial charge in [-0.15, -0.1) is 18.8 Å². The van der Waals surface area contributed by atoms with Gasteiger partial charge in [0.1, 0.15) is 17.0 Å². The number of amides is 6. The number of nitrogens with two attached hydrogens (primary N) is 2. The number of hydrogen-bond donors (Lipinski definition) is 8. The molecule has 33 nitrogen and oxygen atoms in total. The molecule has 120 heavy (non-hydrogen) atoms. The fourth-order valence-electron chi connectivity index (χ4n) is 12.4. The zero-order chi connectivity index (χ0) is 90.5. The van der Waals surface area contributed by atoms with Crippen LogP contribution in [0.5, 0.6) is 0 Å². The first-order chi connectivity index (χ1) is 55.6. The quantitative estimate of drug-likeness (QED) is 0.0155. The molecule has 0 unspecified atom stereocenters. The van der Waals surface area contributed by atoms with Crippen molar-refractivity contribution in [3.63, 3.8) is 0 Å². The lowest BCUT2D eigenvalue weighted by molar-refractivity contribution is -0.385. The van der Waals surface area contributed by atoms with Crippen molar-refractivity contribution in [2.24, 2.45) is 16.6 Å². The molecule has 2 saturated carbocycles. The molecule has 5 aromatic carbocycles. The number of carboxylic acids is 1. The number of nitrogen functional groups attached to an aromatic ring is 1. The van der Waals surface area contributed by atoms with Crippen LogP contribution in [0.2, 0.25) is 0 Å². The normalized spacial score (nSPS) is 14.8. The molecular formula is C84H121Br2ClN16O17. The van der Waals surface area contributed by atoms with E-state index in [2.05, 4.69) is 112 Å². The zero-order valence-corrected chi connectivity index (χ0v) is 76.4. The molecule has 2 aliphatic carbocycles. The maximum absolute atomic E-state index is 12.4. The molecular weight excluding hydrogens is 1700 g/mol. The van der Waals surface area contributed by atoms with Crippen LogP contribution in [-0.4, -0.2) is 258 Å². The fraction of sp³-hybridized carbons (Fsp3) is 0.500. The van der Waals surface area contributed by atoms with E-state index in [9.17, 15) is 68.7 Å². The molecule has 2 spiro atoms. The summed E-state index contributed by atoms with van der Waals surface area (Å²) in [7, 11) is 23.6. The van der Waals surface area contributed by atoms with Gasteiger partial charge in [0.2, 0.25) is 0 Å². The van der Waals surface area contributed by atoms with Crippen LogP contribution in [0, 0.1) is 65.4 Å². The molecule has 2 aliphatic heterocycles. The summed E-state index contributed by atoms with van der Waals surface area (Å²) in [5.74, 6) is 6.67. The number of nitrogens with zero attached hydrogens (tertiary/aromatic N) is 9. The number of benzene rings is 5. The Morgan fingerprint density at radius 2 is 0.950 bits per heavy atom. The van der Waals surface area contributed by atoms with Crippen molar-refractivity contribution in [1.82, 2.24) is 50.7 Å². The van der Waals surface area contributed by atoms with Crippen LogP contribution in [0.1, 0.15) is 161 Å². The third-order valence-electron chi connectivity index (χ3n) is 18.1. The molecule has 5 aromatic rings. The fourth-order valence-corrected chi connectivity index (χ4v) is 13.5. The predicted molar refractivity (Wildman–Crippen MR) is 477 cm³/mol. The van der Waals surface area contributed by atoms with E-state index >= 15 is 0 Å². The summed E-state index contributed by atoms with van der Waals surface area (Å²) in [4.78, 5) is 134. The Morgan fingerprint density at radius 3 is 1.33 bits per heavy atom. The van der Waals surface area contributed by atoms with Crippen LogP contribution < -0.4 is 38.1 Å². The number of hydrogen-bond acceptors (Lipinski definition) is 23. The Balaban J connectivity index is 0.000000725. The Hall–Kier alpha value is -10.4. The van der Waals surface area contributed by atoms with Crippen LogP contribution in [0.25, 0.3) is 0 Å². The average molecular weight is 1820 g/mol. The third kappa shape index (κ3) is 37.9. The minimum absolute atomic E-state index is 0. The molecule has 2 saturated heterocycles. The van der Waals surface area contributed by atoms with E-state index < -0.39 is 31.9 Å². The summed E-state index contributed by atoms with van der Waals surface area (Å²) >= 11 is 6.02. The highest BCUT2D eigenvalue weighted by Crippen LogP contribution is 2.50. The van der Waals surface area contributed by atoms with E-state index in [1.807, 2.05) is 117 Å². The predicted octanol–water partition coefficient (Wildman–Crippen LogP) is 11.7. The smallest absolute Gasteiger partial charge is 0.410 e. The Bertz CT molecular complexity index is 4410. The number of halogens is 3. The van der Waals surface area contributed by atoms with Gasteiger partial charge in [0, 0.05) is 152 Å². The number of ketones is 1. The maximum atomic E-state index is 12.4. The molecule has 2 heterocycles. The summed E-state index contributed by atoms with van der Waals surface area (Å²) in [5, 5.41) is 54.0. The van der Waals surface area contributed by atoms with E-state index in [-0.39, 0.29) is 86.2 Å². The number of rotatable bonds is 20. The number of aryl methyl sites for hydroxylation is 2. The van der Waals surface area contributed by atoms with Gasteiger partial charge in [0.15, 0.2) is 0 Å². The molecule has 36 heteroatoms. The minimum Gasteiger partial charge on any atom is -0.478 e. The number of carboxylic acid groups (broad SMARTS) is 1. The van der Waals surface area contributed by atoms with Crippen LogP contribution in [0.3, 0.4) is 0 Å². The standard InChI is InChI=1S/C25H40N4O3.C13H15N3O3.C13H21N3O.C12H19NO3.C8H7BrN2O3.C7H4BrNO4.C5H9N.CH5N.ClH/c1-24(2,3)32-23(31)29-13-11-25(17-29)15-20(16-25)27-19-9-10-21(22(30)26-4)18(14-19)8-7-12-28(5)6;1-14-13(17)12-7-6-11(16(18)19)9-10(12)5-4-8-15(2)3;1-15-13(17)12-7-6-11(14)9-10(12)5-4-8-16(2)3;1-11(2,3)16-10(15)13-5-4-12(8-13)6-9(14)7-12;1-10-8(12)6-3-2-5(11(13)14)4-7(6)9;8-6-3-4(9(12)13)1-2-5(6)7(10)11;1-4-5-6(2)3;1-2;/h9-10,14,20,27H,7-8,11-13,15-17H2,1-6H3,(H,26,30);6-7,9H,8H2,1-3H3,(H,14,17);6-7,9H,4-5,8,14H2,1-3H3,(H,15,17);4-8H2,1-3H3;2-4H,1H3,(H,10,12);1-3H,(H,10,11);1H,5H2,2-3H3;2H2,1H3;1H. The number of nitro benzene ring substituents is 3. The van der Waals surface area contributed by atoms with E-state index in [0.29, 0.717) is 64.6 Å². The van der Waals surface area contributed by atoms with Gasteiger partial charge in [-0.2, -0.15) is 0 Å². The Labute approximate surface area is 728 Å². The lowest BCUT2D eigenvalue weighted by atomic mass is 9.65. The van der Waals surface area contributed by atoms with Gasteiger partial charge < -0.3 is 72.2 Å². The summed E-state index contributed by atoms with van der Waals surface area (Å²) < 4.78 is 11.5. The lowest BCUT2D eigenvalue weighted by Crippen LogP contribution is -2.47. The summed E-state index contributed by atoms with van der Waals surface area (Å²) in [5.41, 5.74) is 15.8. The summed E-state index contributed by atoms with van der Waals surface area (Å²) in [6, 6.07) is 23.4. The average Bonchev–Trinajstić information content (AvgIpc) is 1.60. The van der Waals surface area contributed by atoms with Crippen LogP contribution in [0.15, 0.2) is 99.9 Å². The van der Waals surface area contributed by atoms with Crippen molar-refractivity contribution >= 4 is 120 Å². The second-order valence-electron chi connectivity index (χ2n) is 31.5. The molecule has 0 atom stereocenters. The molecule has 660 valence electrons. The molecule has 0 radical (unpaired) electrons. The number of likely N-dealkylation sites (tertiary alicyclic amines) is 2. The molecule has 0 bridgehead atoms. The van der Waals surface area contributed by atoms with Crippen molar-refractivity contribution in [1.29, 1.82) is 0 Å². The topological polar surface area (TPSA) is 436 Å². The first-order valence-corrected chi connectivity index (χ1v) is 39.9. The number of aromatic carboxylic acids is 1. The number of non-ortho nitro benzene ring substituents is 3. The van der Waals surface area contributed by atoms with Gasteiger partial charge in [0.05, 0.1) is 44.5 Å². The number of terminal acetylenes is 1. The van der Waals surface area contributed by atoms with Crippen molar-refractivity contribution in [2.75, 3.05) is 155 Å². The summed E-state index contributed by atoms with van der Waals surface area (Å²) in [6.07, 6.45) is 13.6. The van der Waals surface area contributed by atoms with E-state index in [1.165, 1.54) is 63.6 Å². The molecule has 4 aliphatic rings. The minimum atomic E-state index is -1.12. The van der Waals surface area contributed by atoms with Crippen molar-refractivity contribution < 1.29 is 67.7 Å². The van der Waals surface area contributed by atoms with E-state index in [4.69, 9.17) is 26.7 Å². The van der Waals surface area contributed by atoms with Gasteiger partial charge in [-0.3, -0.25) is 64.1 Å². The SMILES string of the molecule is C#CCN(C)C.CC(C)(C)OC(=O)N1CCC2(CC(=O)C2)C1.CN.CNC(=O)c1ccc(N)cc1CCCN(C)C.CNC(=O)c1ccc(NC2CC3(CCN(C(=O)OC(C)(C)C)C3)C2)cc1CCCN(C)C.CNC(=O)c1ccc([N+](=O)[O-])cc1Br.CNC(=O)c1ccc([N+](=O)[O-])cc1C#CCN(C)C.Cl.O=C(O)c1ccc([N+](=O)[O-])cc1Br. The monoisotopic (exact) mass is 1820 g/mol. The number of Topliss-reactive ketones (excluding diaryl/α,β-unsaturated/α-hetero) is 1. The van der Waals surface area contributed by atoms with Gasteiger partial charge in [-0.1, -0.05) is 17.8 Å². The largest absolute Gasteiger partial charge is 0.478 e. The maximum Gasteiger partial charge on any atom is 0.410 e. The first-order valence-electron chi connectivity index (χ1n) is 38.3. The molecule has 10 N–H and O–H groups in total. The van der Waals surface area contributed by atoms with Crippen molar-refractivity contribution in [2.45, 2.75) is 123 Å². The number of nitrogens with one attached hydrogen (secondary N) is 5. The van der Waals surface area contributed by atoms with Gasteiger partial charge >= 0.3 is 18.2 Å². The lowest BCUT2D eigenvalue weighted by Gasteiger charge is -2.45. The second kappa shape index (κ2) is 52.0. The zero-order valence-electron chi connectivity index (χ0n) is 72.4. The Morgan fingerprint density at radius 1 is 0.567 bits per heavy atom. The highest BCUT2D eigenvalue weighted by atomic mass is 79.9. The highest BCUT2D eigenvalue weighted by Gasteiger charge is 2.51. The molecule has 0 aromatic heterocycles. The Kier molecular flexibility index (Phi) is 46.6. The van der Waals surface area contributed by atoms with Crippen LogP contribution in [0.4, 0.5) is 38.0 Å². The van der Waals surface area contributed by atoms with Gasteiger partial charge in [-0.05, 0) is 272 Å². The van der Waals surface area contributed by atoms with E-state index in [0.717, 1.165) is 131 Å². The number of anilines is 2. The first kappa shape index (κ1) is 108. The number of nitro groups is 3. The number of ether oxygens (including phenoxy) is 2. The third-order valence-corrected chi connectivity index (χ3v) is 19.4. The summed E-state index contributed by atoms with van der Waals surface area (Å²) in [6.45, 7) is 17.5. The van der Waals surface area contributed by atoms with Gasteiger partial charge in [0.25, 0.3) is 40.7 Å². The van der Waals surface area contributed by atoms with Crippen molar-refractivity contribution in [3.05, 3.63) is 175 Å². The number of carbonyl (C=O) groups excluding carboxylic acids is 7. The highest BCUT2D eigenvalue weighted by molar-refractivity contribution is 9.10. The molecule has 6 amide bonds. The molecule has 4 fully saturated rings. The van der Waals surface area contributed by atoms with Crippen molar-refractivity contribution in [3.8, 4) is 24.2 Å². The van der Waals surface area contributed by atoms with Crippen LogP contribution >= 0.6 is 44.3 Å². The van der Waals surface area contributed by atoms with Gasteiger partial charge in [-0.25, -0.2) is 14.4 Å². The molecule has 9 rings (SSSR count). The van der Waals surface area contributed by atoms with Crippen LogP contribution in [-0.2, 0) is 27.1 Å².